The van der Waals surface area contributed by atoms with E-state index in [9.17, 15) is 9.90 Å². The van der Waals surface area contributed by atoms with Gasteiger partial charge in [0.1, 0.15) is 11.4 Å². The lowest BCUT2D eigenvalue weighted by molar-refractivity contribution is -0.116. The quantitative estimate of drug-likeness (QED) is 0.202. The van der Waals surface area contributed by atoms with Crippen molar-refractivity contribution in [2.45, 2.75) is 26.2 Å². The van der Waals surface area contributed by atoms with Crippen LogP contribution in [0.15, 0.2) is 114 Å². The van der Waals surface area contributed by atoms with Crippen LogP contribution in [0.2, 0.25) is 0 Å². The van der Waals surface area contributed by atoms with E-state index in [0.29, 0.717) is 28.8 Å². The van der Waals surface area contributed by atoms with Crippen molar-refractivity contribution in [1.29, 1.82) is 0 Å². The number of hydrogen-bond acceptors (Lipinski definition) is 5. The minimum absolute atomic E-state index is 0.0498. The number of phenols is 1. The summed E-state index contributed by atoms with van der Waals surface area (Å²) in [5.41, 5.74) is 5.33. The number of amides is 1. The van der Waals surface area contributed by atoms with Crippen LogP contribution in [0, 0.1) is 0 Å². The topological polar surface area (TPSA) is 88.2 Å². The second-order valence-corrected chi connectivity index (χ2v) is 9.93. The lowest BCUT2D eigenvalue weighted by Gasteiger charge is -2.10. The first-order valence-electron chi connectivity index (χ1n) is 13.7. The molecule has 2 heterocycles. The van der Waals surface area contributed by atoms with Gasteiger partial charge in [0.2, 0.25) is 17.7 Å². The average Bonchev–Trinajstić information content (AvgIpc) is 3.43. The fraction of sp³-hybridized carbons (Fsp3) is 0.114. The summed E-state index contributed by atoms with van der Waals surface area (Å²) in [4.78, 5) is 21.4. The number of aromatic hydroxyl groups is 1. The number of pyridine rings is 1. The molecular formula is C35H29N3O3. The first kappa shape index (κ1) is 26.0. The van der Waals surface area contributed by atoms with Gasteiger partial charge in [-0.2, -0.15) is 0 Å². The number of unbranched alkanes of at least 4 members (excludes halogenated alkanes) is 1. The van der Waals surface area contributed by atoms with E-state index in [4.69, 9.17) is 4.42 Å². The van der Waals surface area contributed by atoms with Crippen LogP contribution in [0.1, 0.15) is 26.2 Å². The van der Waals surface area contributed by atoms with E-state index < -0.39 is 0 Å². The Hall–Kier alpha value is -5.23. The Bertz CT molecular complexity index is 1830. The number of carbonyl (C=O) groups is 1. The van der Waals surface area contributed by atoms with Crippen molar-refractivity contribution in [1.82, 2.24) is 9.97 Å². The van der Waals surface area contributed by atoms with E-state index >= 15 is 0 Å². The average molecular weight is 540 g/mol. The van der Waals surface area contributed by atoms with Gasteiger partial charge in [-0.05, 0) is 58.1 Å². The van der Waals surface area contributed by atoms with Gasteiger partial charge in [-0.15, -0.1) is 0 Å². The monoisotopic (exact) mass is 539 g/mol. The summed E-state index contributed by atoms with van der Waals surface area (Å²) in [5, 5.41) is 16.6. The highest BCUT2D eigenvalue weighted by molar-refractivity contribution is 5.93. The van der Waals surface area contributed by atoms with Crippen molar-refractivity contribution < 1.29 is 14.3 Å². The fourth-order valence-corrected chi connectivity index (χ4v) is 4.91. The highest BCUT2D eigenvalue weighted by Gasteiger charge is 2.21. The molecule has 6 aromatic rings. The number of rotatable bonds is 8. The highest BCUT2D eigenvalue weighted by atomic mass is 16.4. The molecule has 6 nitrogen and oxygen atoms in total. The number of para-hydroxylation sites is 1. The second kappa shape index (κ2) is 11.5. The standard InChI is InChI=1S/C35H29N3O3/c1-2-3-13-31(39)37-35-32(28-10-7-20-36-22-28)38-34(41-35)30-12-6-11-29(33(30)40)25-17-14-24(15-18-25)27-19-16-23-8-4-5-9-26(23)21-27/h4-12,14-22,40H,2-3,13H2,1H3,(H,37,39). The molecule has 2 aromatic heterocycles. The van der Waals surface area contributed by atoms with Gasteiger partial charge in [-0.3, -0.25) is 15.1 Å². The van der Waals surface area contributed by atoms with Crippen LogP contribution < -0.4 is 5.32 Å². The summed E-state index contributed by atoms with van der Waals surface area (Å²) in [7, 11) is 0. The summed E-state index contributed by atoms with van der Waals surface area (Å²) in [5.74, 6) is 0.346. The maximum Gasteiger partial charge on any atom is 0.233 e. The molecule has 2 N–H and O–H groups in total. The molecular weight excluding hydrogens is 510 g/mol. The second-order valence-electron chi connectivity index (χ2n) is 9.93. The van der Waals surface area contributed by atoms with E-state index in [1.54, 1.807) is 24.5 Å². The van der Waals surface area contributed by atoms with Crippen LogP contribution in [0.5, 0.6) is 5.75 Å². The molecule has 0 unspecified atom stereocenters. The molecule has 1 amide bonds. The maximum absolute atomic E-state index is 12.5. The van der Waals surface area contributed by atoms with Gasteiger partial charge in [0.05, 0.1) is 5.56 Å². The molecule has 0 spiro atoms. The number of nitrogens with zero attached hydrogens (tertiary/aromatic N) is 2. The van der Waals surface area contributed by atoms with Crippen LogP contribution in [0.25, 0.3) is 55.7 Å². The third-order valence-corrected chi connectivity index (χ3v) is 7.12. The van der Waals surface area contributed by atoms with Gasteiger partial charge in [-0.1, -0.05) is 86.1 Å². The van der Waals surface area contributed by atoms with E-state index in [1.807, 2.05) is 49.4 Å². The Labute approximate surface area is 238 Å². The first-order valence-corrected chi connectivity index (χ1v) is 13.7. The van der Waals surface area contributed by atoms with Gasteiger partial charge in [-0.25, -0.2) is 4.98 Å². The smallest absolute Gasteiger partial charge is 0.233 e. The Morgan fingerprint density at radius 1 is 0.805 bits per heavy atom. The molecule has 6 rings (SSSR count). The lowest BCUT2D eigenvalue weighted by Crippen LogP contribution is -2.11. The number of carbonyl (C=O) groups excluding carboxylic acids is 1. The number of aromatic nitrogens is 2. The van der Waals surface area contributed by atoms with E-state index in [0.717, 1.165) is 29.5 Å². The number of nitrogens with one attached hydrogen (secondary N) is 1. The molecule has 0 aliphatic heterocycles. The van der Waals surface area contributed by atoms with Crippen molar-refractivity contribution in [2.75, 3.05) is 5.32 Å². The van der Waals surface area contributed by atoms with Crippen LogP contribution in [0.3, 0.4) is 0 Å². The van der Waals surface area contributed by atoms with Crippen LogP contribution in [-0.2, 0) is 4.79 Å². The Kier molecular flexibility index (Phi) is 7.28. The van der Waals surface area contributed by atoms with Crippen molar-refractivity contribution in [3.8, 4) is 50.7 Å². The molecule has 202 valence electrons. The van der Waals surface area contributed by atoms with Crippen LogP contribution >= 0.6 is 0 Å². The molecule has 0 atom stereocenters. The fourth-order valence-electron chi connectivity index (χ4n) is 4.91. The van der Waals surface area contributed by atoms with Gasteiger partial charge in [0, 0.05) is 29.9 Å². The minimum atomic E-state index is -0.149. The largest absolute Gasteiger partial charge is 0.506 e. The van der Waals surface area contributed by atoms with Gasteiger partial charge < -0.3 is 9.52 Å². The van der Waals surface area contributed by atoms with Gasteiger partial charge in [0.25, 0.3) is 0 Å². The SMILES string of the molecule is CCCCC(=O)Nc1oc(-c2cccc(-c3ccc(-c4ccc5ccccc5c4)cc3)c2O)nc1-c1cccnc1. The van der Waals surface area contributed by atoms with Crippen LogP contribution in [0.4, 0.5) is 5.88 Å². The van der Waals surface area contributed by atoms with Crippen molar-refractivity contribution in [3.63, 3.8) is 0 Å². The number of fused-ring (bicyclic) bond motifs is 1. The zero-order valence-electron chi connectivity index (χ0n) is 22.7. The van der Waals surface area contributed by atoms with Crippen molar-refractivity contribution in [3.05, 3.63) is 109 Å². The third-order valence-electron chi connectivity index (χ3n) is 7.12. The van der Waals surface area contributed by atoms with Crippen molar-refractivity contribution >= 4 is 22.6 Å². The normalized spacial score (nSPS) is 11.0. The molecule has 6 heteroatoms. The Morgan fingerprint density at radius 2 is 1.56 bits per heavy atom. The zero-order chi connectivity index (χ0) is 28.2. The first-order chi connectivity index (χ1) is 20.1. The molecule has 0 aliphatic carbocycles. The Morgan fingerprint density at radius 3 is 2.34 bits per heavy atom. The number of benzene rings is 4. The van der Waals surface area contributed by atoms with Crippen molar-refractivity contribution in [2.24, 2.45) is 0 Å². The molecule has 0 saturated heterocycles. The molecule has 0 bridgehead atoms. The number of hydrogen-bond donors (Lipinski definition) is 2. The van der Waals surface area contributed by atoms with E-state index in [1.165, 1.54) is 10.8 Å². The van der Waals surface area contributed by atoms with Gasteiger partial charge in [0.15, 0.2) is 0 Å². The summed E-state index contributed by atoms with van der Waals surface area (Å²) >= 11 is 0. The lowest BCUT2D eigenvalue weighted by atomic mass is 9.97. The molecule has 0 saturated carbocycles. The molecule has 4 aromatic carbocycles. The minimum Gasteiger partial charge on any atom is -0.506 e. The highest BCUT2D eigenvalue weighted by Crippen LogP contribution is 2.41. The predicted molar refractivity (Wildman–Crippen MR) is 163 cm³/mol. The summed E-state index contributed by atoms with van der Waals surface area (Å²) < 4.78 is 6.06. The molecule has 0 fully saturated rings. The molecule has 0 aliphatic rings. The maximum atomic E-state index is 12.5. The van der Waals surface area contributed by atoms with Gasteiger partial charge >= 0.3 is 0 Å². The molecule has 0 radical (unpaired) electrons. The number of oxazole rings is 1. The number of anilines is 1. The van der Waals surface area contributed by atoms with E-state index in [2.05, 4.69) is 57.7 Å². The summed E-state index contributed by atoms with van der Waals surface area (Å²) in [6, 6.07) is 32.0. The zero-order valence-corrected chi connectivity index (χ0v) is 22.7. The third kappa shape index (κ3) is 5.45. The summed E-state index contributed by atoms with van der Waals surface area (Å²) in [6.07, 6.45) is 5.40. The van der Waals surface area contributed by atoms with Crippen LogP contribution in [-0.4, -0.2) is 21.0 Å². The number of phenolic OH excluding ortho intramolecular Hbond substituents is 1. The van der Waals surface area contributed by atoms with E-state index in [-0.39, 0.29) is 23.4 Å². The molecule has 41 heavy (non-hydrogen) atoms. The Balaban J connectivity index is 1.33. The summed E-state index contributed by atoms with van der Waals surface area (Å²) in [6.45, 7) is 2.04. The predicted octanol–water partition coefficient (Wildman–Crippen LogP) is 8.73.